The van der Waals surface area contributed by atoms with E-state index in [4.69, 9.17) is 26.8 Å². The number of aromatic nitrogens is 2. The van der Waals surface area contributed by atoms with E-state index in [9.17, 15) is 0 Å². The van der Waals surface area contributed by atoms with Crippen molar-refractivity contribution >= 4 is 17.3 Å². The van der Waals surface area contributed by atoms with Gasteiger partial charge in [0, 0.05) is 6.61 Å². The molecule has 0 unspecified atom stereocenters. The SMILES string of the molecule is CCCCOCCOc1ncnc(Cl)c1N. The first-order valence-corrected chi connectivity index (χ1v) is 5.60. The minimum atomic E-state index is 0.205. The maximum absolute atomic E-state index is 5.71. The summed E-state index contributed by atoms with van der Waals surface area (Å²) in [5, 5.41) is 0.205. The number of ether oxygens (including phenoxy) is 2. The predicted molar refractivity (Wildman–Crippen MR) is 62.7 cm³/mol. The zero-order valence-electron chi connectivity index (χ0n) is 9.28. The predicted octanol–water partition coefficient (Wildman–Crippen LogP) is 1.91. The van der Waals surface area contributed by atoms with E-state index in [0.717, 1.165) is 19.4 Å². The second-order valence-electron chi connectivity index (χ2n) is 3.20. The van der Waals surface area contributed by atoms with Gasteiger partial charge in [-0.05, 0) is 6.42 Å². The van der Waals surface area contributed by atoms with Gasteiger partial charge in [0.1, 0.15) is 18.6 Å². The normalized spacial score (nSPS) is 10.4. The van der Waals surface area contributed by atoms with Crippen molar-refractivity contribution in [1.82, 2.24) is 9.97 Å². The molecule has 0 atom stereocenters. The molecule has 1 aromatic heterocycles. The Labute approximate surface area is 99.9 Å². The highest BCUT2D eigenvalue weighted by Crippen LogP contribution is 2.23. The molecule has 1 heterocycles. The molecule has 0 saturated heterocycles. The van der Waals surface area contributed by atoms with Crippen molar-refractivity contribution in [3.05, 3.63) is 11.5 Å². The van der Waals surface area contributed by atoms with Crippen LogP contribution in [0.4, 0.5) is 5.69 Å². The molecule has 0 bridgehead atoms. The molecule has 0 aliphatic rings. The highest BCUT2D eigenvalue weighted by Gasteiger charge is 2.06. The van der Waals surface area contributed by atoms with Crippen molar-refractivity contribution in [2.45, 2.75) is 19.8 Å². The smallest absolute Gasteiger partial charge is 0.241 e. The molecule has 0 aromatic carbocycles. The molecule has 90 valence electrons. The maximum atomic E-state index is 5.71. The van der Waals surface area contributed by atoms with E-state index in [1.807, 2.05) is 0 Å². The molecular weight excluding hydrogens is 230 g/mol. The van der Waals surface area contributed by atoms with Crippen LogP contribution < -0.4 is 10.5 Å². The molecule has 0 amide bonds. The van der Waals surface area contributed by atoms with Crippen molar-refractivity contribution in [2.24, 2.45) is 0 Å². The summed E-state index contributed by atoms with van der Waals surface area (Å²) in [5.41, 5.74) is 5.88. The first-order valence-electron chi connectivity index (χ1n) is 5.22. The van der Waals surface area contributed by atoms with E-state index >= 15 is 0 Å². The average molecular weight is 246 g/mol. The van der Waals surface area contributed by atoms with Gasteiger partial charge >= 0.3 is 0 Å². The second-order valence-corrected chi connectivity index (χ2v) is 3.56. The summed E-state index contributed by atoms with van der Waals surface area (Å²) >= 11 is 5.71. The number of unbranched alkanes of at least 4 members (excludes halogenated alkanes) is 1. The zero-order chi connectivity index (χ0) is 11.8. The Bertz CT molecular complexity index is 323. The van der Waals surface area contributed by atoms with Gasteiger partial charge in [0.2, 0.25) is 5.88 Å². The summed E-state index contributed by atoms with van der Waals surface area (Å²) in [7, 11) is 0. The van der Waals surface area contributed by atoms with Crippen LogP contribution in [0.1, 0.15) is 19.8 Å². The molecule has 16 heavy (non-hydrogen) atoms. The highest BCUT2D eigenvalue weighted by molar-refractivity contribution is 6.32. The maximum Gasteiger partial charge on any atom is 0.241 e. The van der Waals surface area contributed by atoms with Gasteiger partial charge in [-0.3, -0.25) is 0 Å². The first-order chi connectivity index (χ1) is 7.75. The third-order valence-corrected chi connectivity index (χ3v) is 2.21. The Morgan fingerprint density at radius 1 is 1.31 bits per heavy atom. The molecule has 1 aromatic rings. The quantitative estimate of drug-likeness (QED) is 0.587. The number of hydrogen-bond donors (Lipinski definition) is 1. The summed E-state index contributed by atoms with van der Waals surface area (Å²) in [5.74, 6) is 0.305. The lowest BCUT2D eigenvalue weighted by atomic mass is 10.4. The summed E-state index contributed by atoms with van der Waals surface area (Å²) in [6, 6.07) is 0. The van der Waals surface area contributed by atoms with E-state index in [0.29, 0.717) is 19.1 Å². The lowest BCUT2D eigenvalue weighted by Gasteiger charge is -2.08. The molecule has 1 rings (SSSR count). The van der Waals surface area contributed by atoms with E-state index in [1.54, 1.807) is 0 Å². The van der Waals surface area contributed by atoms with Gasteiger partial charge < -0.3 is 15.2 Å². The number of nitrogens with zero attached hydrogens (tertiary/aromatic N) is 2. The first kappa shape index (κ1) is 13.0. The third-order valence-electron chi connectivity index (χ3n) is 1.91. The second kappa shape index (κ2) is 7.24. The Kier molecular flexibility index (Phi) is 5.88. The van der Waals surface area contributed by atoms with Crippen LogP contribution in [0.3, 0.4) is 0 Å². The molecular formula is C10H16ClN3O2. The summed E-state index contributed by atoms with van der Waals surface area (Å²) in [6.07, 6.45) is 3.49. The average Bonchev–Trinajstić information content (AvgIpc) is 2.29. The molecule has 0 aliphatic heterocycles. The fourth-order valence-electron chi connectivity index (χ4n) is 1.02. The van der Waals surface area contributed by atoms with Crippen molar-refractivity contribution in [2.75, 3.05) is 25.6 Å². The highest BCUT2D eigenvalue weighted by atomic mass is 35.5. The number of rotatable bonds is 7. The minimum Gasteiger partial charge on any atom is -0.474 e. The molecule has 2 N–H and O–H groups in total. The Balaban J connectivity index is 2.24. The number of halogens is 1. The number of anilines is 1. The Morgan fingerprint density at radius 2 is 2.12 bits per heavy atom. The van der Waals surface area contributed by atoms with Gasteiger partial charge in [0.05, 0.1) is 6.61 Å². The van der Waals surface area contributed by atoms with Crippen molar-refractivity contribution in [3.8, 4) is 5.88 Å². The molecule has 0 spiro atoms. The van der Waals surface area contributed by atoms with Crippen LogP contribution in [0, 0.1) is 0 Å². The minimum absolute atomic E-state index is 0.205. The third kappa shape index (κ3) is 4.20. The topological polar surface area (TPSA) is 70.3 Å². The number of nitrogen functional groups attached to an aromatic ring is 1. The summed E-state index contributed by atoms with van der Waals surface area (Å²) < 4.78 is 10.6. The van der Waals surface area contributed by atoms with Gasteiger partial charge in [0.25, 0.3) is 0 Å². The molecule has 0 radical (unpaired) electrons. The molecule has 0 aliphatic carbocycles. The van der Waals surface area contributed by atoms with Gasteiger partial charge in [-0.15, -0.1) is 0 Å². The van der Waals surface area contributed by atoms with Crippen LogP contribution in [0.25, 0.3) is 0 Å². The van der Waals surface area contributed by atoms with E-state index in [2.05, 4.69) is 16.9 Å². The summed E-state index contributed by atoms with van der Waals surface area (Å²) in [4.78, 5) is 7.60. The van der Waals surface area contributed by atoms with Crippen molar-refractivity contribution in [1.29, 1.82) is 0 Å². The van der Waals surface area contributed by atoms with Gasteiger partial charge in [-0.25, -0.2) is 4.98 Å². The fourth-order valence-corrected chi connectivity index (χ4v) is 1.14. The van der Waals surface area contributed by atoms with Crippen LogP contribution in [0.2, 0.25) is 5.15 Å². The van der Waals surface area contributed by atoms with Crippen molar-refractivity contribution in [3.63, 3.8) is 0 Å². The molecule has 5 nitrogen and oxygen atoms in total. The van der Waals surface area contributed by atoms with Crippen molar-refractivity contribution < 1.29 is 9.47 Å². The molecule has 6 heteroatoms. The Morgan fingerprint density at radius 3 is 2.88 bits per heavy atom. The number of hydrogen-bond acceptors (Lipinski definition) is 5. The van der Waals surface area contributed by atoms with Gasteiger partial charge in [0.15, 0.2) is 5.15 Å². The standard InChI is InChI=1S/C10H16ClN3O2/c1-2-3-4-15-5-6-16-10-8(12)9(11)13-7-14-10/h7H,2-6,12H2,1H3. The Hall–Kier alpha value is -1.07. The fraction of sp³-hybridized carbons (Fsp3) is 0.600. The summed E-state index contributed by atoms with van der Waals surface area (Å²) in [6.45, 7) is 3.78. The van der Waals surface area contributed by atoms with E-state index in [1.165, 1.54) is 6.33 Å². The lowest BCUT2D eigenvalue weighted by molar-refractivity contribution is 0.0967. The largest absolute Gasteiger partial charge is 0.474 e. The zero-order valence-corrected chi connectivity index (χ0v) is 10.0. The molecule has 0 saturated carbocycles. The lowest BCUT2D eigenvalue weighted by Crippen LogP contribution is -2.09. The van der Waals surface area contributed by atoms with E-state index in [-0.39, 0.29) is 10.8 Å². The monoisotopic (exact) mass is 245 g/mol. The van der Waals surface area contributed by atoms with Crippen LogP contribution in [-0.2, 0) is 4.74 Å². The van der Waals surface area contributed by atoms with Crippen LogP contribution in [0.15, 0.2) is 6.33 Å². The van der Waals surface area contributed by atoms with Gasteiger partial charge in [-0.2, -0.15) is 4.98 Å². The van der Waals surface area contributed by atoms with Gasteiger partial charge in [-0.1, -0.05) is 24.9 Å². The van der Waals surface area contributed by atoms with Crippen LogP contribution >= 0.6 is 11.6 Å². The van der Waals surface area contributed by atoms with Crippen LogP contribution in [-0.4, -0.2) is 29.8 Å². The number of nitrogens with two attached hydrogens (primary N) is 1. The van der Waals surface area contributed by atoms with E-state index < -0.39 is 0 Å². The van der Waals surface area contributed by atoms with Crippen LogP contribution in [0.5, 0.6) is 5.88 Å². The molecule has 0 fully saturated rings.